The highest BCUT2D eigenvalue weighted by molar-refractivity contribution is 14.0. The molecule has 1 fully saturated rings. The van der Waals surface area contributed by atoms with Gasteiger partial charge in [0.15, 0.2) is 5.96 Å². The first kappa shape index (κ1) is 17.1. The van der Waals surface area contributed by atoms with Gasteiger partial charge >= 0.3 is 0 Å². The number of aliphatic imine (C=N–C) groups is 1. The van der Waals surface area contributed by atoms with Crippen LogP contribution in [0.3, 0.4) is 0 Å². The molecule has 2 rings (SSSR count). The first-order valence-electron chi connectivity index (χ1n) is 6.21. The molecule has 1 aromatic rings. The highest BCUT2D eigenvalue weighted by atomic mass is 127. The summed E-state index contributed by atoms with van der Waals surface area (Å²) in [6, 6.07) is 2.15. The van der Waals surface area contributed by atoms with Crippen LogP contribution in [0.1, 0.15) is 19.4 Å². The van der Waals surface area contributed by atoms with Gasteiger partial charge in [0.25, 0.3) is 0 Å². The lowest BCUT2D eigenvalue weighted by molar-refractivity contribution is 0.376. The van der Waals surface area contributed by atoms with E-state index in [1.165, 1.54) is 11.3 Å². The quantitative estimate of drug-likeness (QED) is 0.460. The lowest BCUT2D eigenvalue weighted by atomic mass is 10.2. The molecule has 0 radical (unpaired) electrons. The van der Waals surface area contributed by atoms with E-state index in [0.29, 0.717) is 4.75 Å². The molecule has 1 aromatic heterocycles. The molecular formula is C13H22IN3S2. The number of guanidine groups is 1. The van der Waals surface area contributed by atoms with Crippen LogP contribution in [0.15, 0.2) is 21.8 Å². The van der Waals surface area contributed by atoms with Gasteiger partial charge in [0, 0.05) is 37.2 Å². The van der Waals surface area contributed by atoms with Crippen molar-refractivity contribution in [2.75, 3.05) is 25.9 Å². The summed E-state index contributed by atoms with van der Waals surface area (Å²) >= 11 is 3.78. The number of nitrogens with zero attached hydrogens (tertiary/aromatic N) is 2. The zero-order valence-corrected chi connectivity index (χ0v) is 15.6. The minimum Gasteiger partial charge on any atom is -0.352 e. The summed E-state index contributed by atoms with van der Waals surface area (Å²) in [6.07, 6.45) is 0. The van der Waals surface area contributed by atoms with E-state index in [2.05, 4.69) is 45.9 Å². The topological polar surface area (TPSA) is 27.6 Å². The van der Waals surface area contributed by atoms with Crippen molar-refractivity contribution in [2.24, 2.45) is 4.99 Å². The van der Waals surface area contributed by atoms with Gasteiger partial charge in [0.2, 0.25) is 0 Å². The zero-order chi connectivity index (χ0) is 13.0. The predicted octanol–water partition coefficient (Wildman–Crippen LogP) is 3.27. The Balaban J connectivity index is 0.00000180. The van der Waals surface area contributed by atoms with E-state index in [0.717, 1.165) is 25.6 Å². The molecule has 1 aliphatic rings. The second-order valence-corrected chi connectivity index (χ2v) is 7.64. The lowest BCUT2D eigenvalue weighted by Crippen LogP contribution is -2.50. The first-order chi connectivity index (χ1) is 8.61. The fourth-order valence-electron chi connectivity index (χ4n) is 2.10. The third kappa shape index (κ3) is 5.15. The van der Waals surface area contributed by atoms with Crippen LogP contribution >= 0.6 is 47.1 Å². The molecule has 0 amide bonds. The van der Waals surface area contributed by atoms with Gasteiger partial charge in [0.1, 0.15) is 0 Å². The Morgan fingerprint density at radius 1 is 1.53 bits per heavy atom. The molecule has 0 aliphatic carbocycles. The molecule has 0 spiro atoms. The van der Waals surface area contributed by atoms with E-state index in [1.54, 1.807) is 11.3 Å². The molecular weight excluding hydrogens is 389 g/mol. The summed E-state index contributed by atoms with van der Waals surface area (Å²) in [6.45, 7) is 7.60. The Morgan fingerprint density at radius 2 is 2.32 bits per heavy atom. The number of hydrogen-bond donors (Lipinski definition) is 1. The van der Waals surface area contributed by atoms with E-state index in [9.17, 15) is 0 Å². The highest BCUT2D eigenvalue weighted by Crippen LogP contribution is 2.29. The number of thioether (sulfide) groups is 1. The number of rotatable bonds is 2. The van der Waals surface area contributed by atoms with Gasteiger partial charge < -0.3 is 10.2 Å². The molecule has 0 atom stereocenters. The van der Waals surface area contributed by atoms with Gasteiger partial charge in [-0.05, 0) is 36.2 Å². The highest BCUT2D eigenvalue weighted by Gasteiger charge is 2.28. The fraction of sp³-hybridized carbons (Fsp3) is 0.615. The van der Waals surface area contributed by atoms with E-state index in [1.807, 2.05) is 18.8 Å². The van der Waals surface area contributed by atoms with Gasteiger partial charge in [-0.25, -0.2) is 0 Å². The summed E-state index contributed by atoms with van der Waals surface area (Å²) in [7, 11) is 1.87. The SMILES string of the molecule is CN=C(NCc1ccsc1)N1CCSC(C)(C)C1.I. The van der Waals surface area contributed by atoms with Gasteiger partial charge in [-0.2, -0.15) is 23.1 Å². The van der Waals surface area contributed by atoms with Crippen LogP contribution in [-0.2, 0) is 6.54 Å². The van der Waals surface area contributed by atoms with Gasteiger partial charge in [-0.15, -0.1) is 24.0 Å². The third-order valence-corrected chi connectivity index (χ3v) is 5.00. The number of thiophene rings is 1. The summed E-state index contributed by atoms with van der Waals surface area (Å²) in [5, 5.41) is 7.74. The average Bonchev–Trinajstić information content (AvgIpc) is 2.81. The molecule has 1 saturated heterocycles. The van der Waals surface area contributed by atoms with Crippen LogP contribution in [0.25, 0.3) is 0 Å². The average molecular weight is 411 g/mol. The number of nitrogens with one attached hydrogen (secondary N) is 1. The van der Waals surface area contributed by atoms with Crippen molar-refractivity contribution in [3.8, 4) is 0 Å². The number of hydrogen-bond acceptors (Lipinski definition) is 3. The van der Waals surface area contributed by atoms with Gasteiger partial charge in [-0.3, -0.25) is 4.99 Å². The number of halogens is 1. The van der Waals surface area contributed by atoms with Gasteiger partial charge in [0.05, 0.1) is 0 Å². The van der Waals surface area contributed by atoms with Crippen LogP contribution in [0, 0.1) is 0 Å². The summed E-state index contributed by atoms with van der Waals surface area (Å²) < 4.78 is 0.318. The molecule has 0 bridgehead atoms. The molecule has 6 heteroatoms. The fourth-order valence-corrected chi connectivity index (χ4v) is 3.88. The maximum atomic E-state index is 4.40. The Morgan fingerprint density at radius 3 is 2.89 bits per heavy atom. The molecule has 108 valence electrons. The minimum absolute atomic E-state index is 0. The van der Waals surface area contributed by atoms with Crippen molar-refractivity contribution >= 4 is 53.0 Å². The van der Waals surface area contributed by atoms with Crippen LogP contribution < -0.4 is 5.32 Å². The smallest absolute Gasteiger partial charge is 0.193 e. The predicted molar refractivity (Wildman–Crippen MR) is 98.0 cm³/mol. The lowest BCUT2D eigenvalue weighted by Gasteiger charge is -2.39. The van der Waals surface area contributed by atoms with E-state index in [-0.39, 0.29) is 24.0 Å². The summed E-state index contributed by atoms with van der Waals surface area (Å²) in [5.41, 5.74) is 1.33. The molecule has 0 unspecified atom stereocenters. The van der Waals surface area contributed by atoms with E-state index < -0.39 is 0 Å². The normalized spacial score (nSPS) is 18.9. The minimum atomic E-state index is 0. The Hall–Kier alpha value is 0.0500. The Labute approximate surface area is 141 Å². The largest absolute Gasteiger partial charge is 0.352 e. The third-order valence-electron chi connectivity index (χ3n) is 2.97. The van der Waals surface area contributed by atoms with Crippen molar-refractivity contribution < 1.29 is 0 Å². The molecule has 2 heterocycles. The Kier molecular flexibility index (Phi) is 6.96. The van der Waals surface area contributed by atoms with Crippen molar-refractivity contribution in [1.82, 2.24) is 10.2 Å². The van der Waals surface area contributed by atoms with Crippen molar-refractivity contribution in [2.45, 2.75) is 25.1 Å². The standard InChI is InChI=1S/C13H21N3S2.HI/c1-13(2)10-16(5-7-18-13)12(14-3)15-8-11-4-6-17-9-11;/h4,6,9H,5,7-8,10H2,1-3H3,(H,14,15);1H. The van der Waals surface area contributed by atoms with Crippen molar-refractivity contribution in [1.29, 1.82) is 0 Å². The van der Waals surface area contributed by atoms with E-state index in [4.69, 9.17) is 0 Å². The molecule has 19 heavy (non-hydrogen) atoms. The van der Waals surface area contributed by atoms with Crippen LogP contribution in [0.2, 0.25) is 0 Å². The molecule has 3 nitrogen and oxygen atoms in total. The maximum absolute atomic E-state index is 4.40. The van der Waals surface area contributed by atoms with Crippen LogP contribution in [-0.4, -0.2) is 41.5 Å². The zero-order valence-electron chi connectivity index (χ0n) is 11.7. The van der Waals surface area contributed by atoms with Crippen molar-refractivity contribution in [3.05, 3.63) is 22.4 Å². The van der Waals surface area contributed by atoms with Gasteiger partial charge in [-0.1, -0.05) is 0 Å². The Bertz CT molecular complexity index is 404. The molecule has 1 N–H and O–H groups in total. The molecule has 0 saturated carbocycles. The second kappa shape index (κ2) is 7.73. The van der Waals surface area contributed by atoms with Crippen molar-refractivity contribution in [3.63, 3.8) is 0 Å². The van der Waals surface area contributed by atoms with Crippen LogP contribution in [0.4, 0.5) is 0 Å². The summed E-state index contributed by atoms with van der Waals surface area (Å²) in [4.78, 5) is 6.77. The molecule has 1 aliphatic heterocycles. The monoisotopic (exact) mass is 411 g/mol. The first-order valence-corrected chi connectivity index (χ1v) is 8.14. The maximum Gasteiger partial charge on any atom is 0.193 e. The second-order valence-electron chi connectivity index (χ2n) is 5.06. The van der Waals surface area contributed by atoms with E-state index >= 15 is 0 Å². The van der Waals surface area contributed by atoms with Crippen LogP contribution in [0.5, 0.6) is 0 Å². The molecule has 0 aromatic carbocycles. The summed E-state index contributed by atoms with van der Waals surface area (Å²) in [5.74, 6) is 2.20.